The monoisotopic (exact) mass is 314 g/mol. The van der Waals surface area contributed by atoms with Crippen LogP contribution in [0, 0.1) is 5.92 Å². The van der Waals surface area contributed by atoms with Crippen LogP contribution in [0.2, 0.25) is 0 Å². The van der Waals surface area contributed by atoms with Gasteiger partial charge < -0.3 is 15.6 Å². The molecule has 118 valence electrons. The molecule has 1 aliphatic heterocycles. The summed E-state index contributed by atoms with van der Waals surface area (Å²) in [7, 11) is -3.40. The molecule has 1 aromatic carbocycles. The second-order valence-electron chi connectivity index (χ2n) is 5.73. The van der Waals surface area contributed by atoms with Gasteiger partial charge in [0.25, 0.3) is 0 Å². The third-order valence-corrected chi connectivity index (χ3v) is 5.61. The summed E-state index contributed by atoms with van der Waals surface area (Å²) in [4.78, 5) is 0. The van der Waals surface area contributed by atoms with Crippen LogP contribution in [0.1, 0.15) is 13.8 Å². The number of nitrogens with zero attached hydrogens (tertiary/aromatic N) is 1. The van der Waals surface area contributed by atoms with Crippen LogP contribution in [0.15, 0.2) is 24.3 Å². The average Bonchev–Trinajstić information content (AvgIpc) is 2.36. The van der Waals surface area contributed by atoms with Gasteiger partial charge >= 0.3 is 0 Å². The van der Waals surface area contributed by atoms with E-state index in [1.807, 2.05) is 13.8 Å². The number of aliphatic hydroxyl groups is 1. The second kappa shape index (κ2) is 5.82. The molecule has 0 spiro atoms. The molecule has 0 atom stereocenters. The fourth-order valence-electron chi connectivity index (χ4n) is 2.12. The lowest BCUT2D eigenvalue weighted by molar-refractivity contribution is -0.0932. The van der Waals surface area contributed by atoms with E-state index < -0.39 is 15.6 Å². The van der Waals surface area contributed by atoms with Crippen LogP contribution < -0.4 is 10.5 Å². The maximum absolute atomic E-state index is 12.1. The predicted octanol–water partition coefficient (Wildman–Crippen LogP) is 0.680. The first kappa shape index (κ1) is 16.1. The Labute approximate surface area is 125 Å². The third-order valence-electron chi connectivity index (χ3n) is 3.89. The molecule has 0 amide bonds. The molecule has 1 saturated heterocycles. The van der Waals surface area contributed by atoms with Crippen molar-refractivity contribution in [2.45, 2.75) is 19.4 Å². The minimum absolute atomic E-state index is 0.0318. The lowest BCUT2D eigenvalue weighted by atomic mass is 9.85. The molecular weight excluding hydrogens is 292 g/mol. The van der Waals surface area contributed by atoms with Crippen molar-refractivity contribution in [2.75, 3.05) is 31.2 Å². The van der Waals surface area contributed by atoms with E-state index in [2.05, 4.69) is 0 Å². The van der Waals surface area contributed by atoms with E-state index in [1.54, 1.807) is 24.3 Å². The summed E-state index contributed by atoms with van der Waals surface area (Å²) < 4.78 is 30.9. The molecule has 7 heteroatoms. The molecule has 0 aromatic heterocycles. The second-order valence-corrected chi connectivity index (χ2v) is 7.82. The number of β-amino-alcohol motifs (C(OH)–C–C–N with tert-alkyl or cyclic N) is 1. The molecule has 0 saturated carbocycles. The van der Waals surface area contributed by atoms with Crippen LogP contribution >= 0.6 is 0 Å². The highest BCUT2D eigenvalue weighted by atomic mass is 32.2. The van der Waals surface area contributed by atoms with Crippen molar-refractivity contribution in [1.82, 2.24) is 4.31 Å². The number of nitrogens with two attached hydrogens (primary N) is 1. The lowest BCUT2D eigenvalue weighted by Gasteiger charge is -2.47. The number of sulfonamides is 1. The van der Waals surface area contributed by atoms with E-state index in [0.717, 1.165) is 0 Å². The normalized spacial score (nSPS) is 18.5. The van der Waals surface area contributed by atoms with Gasteiger partial charge in [0, 0.05) is 13.1 Å². The molecule has 3 N–H and O–H groups in total. The number of rotatable bonds is 6. The maximum Gasteiger partial charge on any atom is 0.217 e. The van der Waals surface area contributed by atoms with E-state index in [4.69, 9.17) is 10.5 Å². The smallest absolute Gasteiger partial charge is 0.217 e. The van der Waals surface area contributed by atoms with Crippen LogP contribution in [-0.2, 0) is 10.0 Å². The Morgan fingerprint density at radius 3 is 2.57 bits per heavy atom. The number of hydrogen-bond donors (Lipinski definition) is 2. The van der Waals surface area contributed by atoms with Gasteiger partial charge in [-0.3, -0.25) is 0 Å². The Morgan fingerprint density at radius 2 is 2.00 bits per heavy atom. The van der Waals surface area contributed by atoms with Gasteiger partial charge in [0.2, 0.25) is 10.0 Å². The molecular formula is C14H22N2O4S. The van der Waals surface area contributed by atoms with Gasteiger partial charge in [0.05, 0.1) is 17.0 Å². The molecule has 0 aliphatic carbocycles. The van der Waals surface area contributed by atoms with Crippen LogP contribution in [0.3, 0.4) is 0 Å². The summed E-state index contributed by atoms with van der Waals surface area (Å²) in [5, 5.41) is 10.1. The van der Waals surface area contributed by atoms with Gasteiger partial charge in [0.15, 0.2) is 0 Å². The molecule has 1 fully saturated rings. The summed E-state index contributed by atoms with van der Waals surface area (Å²) in [6.07, 6.45) is 0. The van der Waals surface area contributed by atoms with Gasteiger partial charge in [-0.1, -0.05) is 26.0 Å². The Morgan fingerprint density at radius 1 is 1.38 bits per heavy atom. The molecule has 0 unspecified atom stereocenters. The molecule has 0 radical (unpaired) electrons. The SMILES string of the molecule is CC(C)C1(O)CN(S(=O)(=O)CCOc2ccccc2N)C1. The largest absolute Gasteiger partial charge is 0.490 e. The zero-order valence-electron chi connectivity index (χ0n) is 12.3. The predicted molar refractivity (Wildman–Crippen MR) is 81.5 cm³/mol. The maximum atomic E-state index is 12.1. The summed E-state index contributed by atoms with van der Waals surface area (Å²) in [6.45, 7) is 4.10. The van der Waals surface area contributed by atoms with E-state index >= 15 is 0 Å². The highest BCUT2D eigenvalue weighted by molar-refractivity contribution is 7.89. The first-order valence-corrected chi connectivity index (χ1v) is 8.53. The lowest BCUT2D eigenvalue weighted by Crippen LogP contribution is -2.66. The van der Waals surface area contributed by atoms with Gasteiger partial charge in [-0.25, -0.2) is 8.42 Å². The highest BCUT2D eigenvalue weighted by Crippen LogP contribution is 2.30. The molecule has 2 rings (SSSR count). The van der Waals surface area contributed by atoms with Gasteiger partial charge in [-0.05, 0) is 18.1 Å². The minimum atomic E-state index is -3.40. The Kier molecular flexibility index (Phi) is 4.46. The first-order chi connectivity index (χ1) is 9.74. The van der Waals surface area contributed by atoms with Gasteiger partial charge in [0.1, 0.15) is 12.4 Å². The Bertz CT molecular complexity index is 595. The van der Waals surface area contributed by atoms with Crippen LogP contribution in [-0.4, -0.2) is 48.9 Å². The molecule has 1 heterocycles. The van der Waals surface area contributed by atoms with Crippen molar-refractivity contribution in [3.8, 4) is 5.75 Å². The fourth-order valence-corrected chi connectivity index (χ4v) is 3.52. The van der Waals surface area contributed by atoms with E-state index in [0.29, 0.717) is 11.4 Å². The first-order valence-electron chi connectivity index (χ1n) is 6.92. The van der Waals surface area contributed by atoms with Crippen molar-refractivity contribution in [1.29, 1.82) is 0 Å². The minimum Gasteiger partial charge on any atom is -0.490 e. The fraction of sp³-hybridized carbons (Fsp3) is 0.571. The topological polar surface area (TPSA) is 92.9 Å². The zero-order chi connectivity index (χ0) is 15.7. The number of ether oxygens (including phenoxy) is 1. The Hall–Kier alpha value is -1.31. The summed E-state index contributed by atoms with van der Waals surface area (Å²) in [6, 6.07) is 6.95. The van der Waals surface area contributed by atoms with Crippen molar-refractivity contribution >= 4 is 15.7 Å². The molecule has 1 aliphatic rings. The number of benzene rings is 1. The van der Waals surface area contributed by atoms with Crippen LogP contribution in [0.5, 0.6) is 5.75 Å². The average molecular weight is 314 g/mol. The number of nitrogen functional groups attached to an aromatic ring is 1. The quantitative estimate of drug-likeness (QED) is 0.753. The van der Waals surface area contributed by atoms with Crippen LogP contribution in [0.25, 0.3) is 0 Å². The standard InChI is InChI=1S/C14H22N2O4S/c1-11(2)14(17)9-16(10-14)21(18,19)8-7-20-13-6-4-3-5-12(13)15/h3-6,11,17H,7-10,15H2,1-2H3. The van der Waals surface area contributed by atoms with E-state index in [1.165, 1.54) is 4.31 Å². The van der Waals surface area contributed by atoms with Gasteiger partial charge in [-0.2, -0.15) is 4.31 Å². The molecule has 1 aromatic rings. The number of anilines is 1. The summed E-state index contributed by atoms with van der Waals surface area (Å²) in [5.41, 5.74) is 5.29. The Balaban J connectivity index is 1.85. The van der Waals surface area contributed by atoms with Gasteiger partial charge in [-0.15, -0.1) is 0 Å². The number of para-hydroxylation sites is 2. The summed E-state index contributed by atoms with van der Waals surface area (Å²) in [5.74, 6) is 0.384. The van der Waals surface area contributed by atoms with Crippen molar-refractivity contribution in [3.05, 3.63) is 24.3 Å². The zero-order valence-corrected chi connectivity index (χ0v) is 13.1. The van der Waals surface area contributed by atoms with E-state index in [9.17, 15) is 13.5 Å². The third kappa shape index (κ3) is 3.48. The molecule has 6 nitrogen and oxygen atoms in total. The van der Waals surface area contributed by atoms with E-state index in [-0.39, 0.29) is 31.4 Å². The highest BCUT2D eigenvalue weighted by Gasteiger charge is 2.48. The number of hydrogen-bond acceptors (Lipinski definition) is 5. The van der Waals surface area contributed by atoms with Crippen molar-refractivity contribution in [2.24, 2.45) is 5.92 Å². The molecule has 0 bridgehead atoms. The van der Waals surface area contributed by atoms with Crippen LogP contribution in [0.4, 0.5) is 5.69 Å². The molecule has 21 heavy (non-hydrogen) atoms. The van der Waals surface area contributed by atoms with Crippen molar-refractivity contribution < 1.29 is 18.3 Å². The van der Waals surface area contributed by atoms with Crippen molar-refractivity contribution in [3.63, 3.8) is 0 Å². The summed E-state index contributed by atoms with van der Waals surface area (Å²) >= 11 is 0.